The van der Waals surface area contributed by atoms with E-state index in [9.17, 15) is 4.79 Å². The first-order valence-corrected chi connectivity index (χ1v) is 9.21. The highest BCUT2D eigenvalue weighted by Crippen LogP contribution is 2.21. The molecule has 0 unspecified atom stereocenters. The Balaban J connectivity index is 1.34. The lowest BCUT2D eigenvalue weighted by Gasteiger charge is -2.19. The lowest BCUT2D eigenvalue weighted by atomic mass is 10.2. The zero-order chi connectivity index (χ0) is 17.8. The number of fused-ring (bicyclic) bond motifs is 1. The van der Waals surface area contributed by atoms with Gasteiger partial charge in [0.2, 0.25) is 0 Å². The second-order valence-corrected chi connectivity index (χ2v) is 6.60. The van der Waals surface area contributed by atoms with Gasteiger partial charge in [-0.1, -0.05) is 12.1 Å². The van der Waals surface area contributed by atoms with Crippen molar-refractivity contribution in [3.63, 3.8) is 0 Å². The Morgan fingerprint density at radius 1 is 1.08 bits per heavy atom. The van der Waals surface area contributed by atoms with E-state index in [4.69, 9.17) is 0 Å². The molecule has 1 amide bonds. The summed E-state index contributed by atoms with van der Waals surface area (Å²) < 4.78 is 2.13. The van der Waals surface area contributed by atoms with Crippen molar-refractivity contribution in [2.24, 2.45) is 0 Å². The summed E-state index contributed by atoms with van der Waals surface area (Å²) in [6.07, 6.45) is 6.80. The number of rotatable bonds is 6. The molecule has 1 aromatic carbocycles. The first kappa shape index (κ1) is 16.6. The van der Waals surface area contributed by atoms with Crippen LogP contribution in [0.15, 0.2) is 48.9 Å². The minimum absolute atomic E-state index is 0.0458. The van der Waals surface area contributed by atoms with Crippen LogP contribution >= 0.6 is 0 Å². The summed E-state index contributed by atoms with van der Waals surface area (Å²) >= 11 is 0. The fraction of sp³-hybridized carbons (Fsp3) is 0.350. The van der Waals surface area contributed by atoms with Gasteiger partial charge in [0, 0.05) is 32.4 Å². The van der Waals surface area contributed by atoms with Gasteiger partial charge in [0.1, 0.15) is 5.82 Å². The van der Waals surface area contributed by atoms with Crippen molar-refractivity contribution in [2.75, 3.05) is 24.5 Å². The number of aryl methyl sites for hydroxylation is 1. The standard InChI is InChI=1S/C20H23N5O/c26-20(16-7-5-10-21-19(16)24-12-3-4-13-24)22-11-6-14-25-15-23-17-8-1-2-9-18(17)25/h1-2,5,7-10,15H,3-4,6,11-14H2,(H,22,26). The van der Waals surface area contributed by atoms with Crippen LogP contribution in [0.1, 0.15) is 29.6 Å². The summed E-state index contributed by atoms with van der Waals surface area (Å²) in [5.41, 5.74) is 2.80. The molecule has 0 bridgehead atoms. The summed E-state index contributed by atoms with van der Waals surface area (Å²) in [7, 11) is 0. The Morgan fingerprint density at radius 3 is 2.81 bits per heavy atom. The van der Waals surface area contributed by atoms with Crippen LogP contribution in [0.5, 0.6) is 0 Å². The molecule has 0 radical (unpaired) electrons. The molecule has 6 nitrogen and oxygen atoms in total. The second-order valence-electron chi connectivity index (χ2n) is 6.60. The number of hydrogen-bond acceptors (Lipinski definition) is 4. The number of para-hydroxylation sites is 2. The topological polar surface area (TPSA) is 63.1 Å². The van der Waals surface area contributed by atoms with Gasteiger partial charge >= 0.3 is 0 Å². The van der Waals surface area contributed by atoms with E-state index < -0.39 is 0 Å². The van der Waals surface area contributed by atoms with Gasteiger partial charge < -0.3 is 14.8 Å². The Kier molecular flexibility index (Phi) is 4.82. The molecule has 3 aromatic rings. The van der Waals surface area contributed by atoms with Crippen molar-refractivity contribution in [3.05, 3.63) is 54.5 Å². The number of anilines is 1. The van der Waals surface area contributed by atoms with Crippen molar-refractivity contribution in [1.82, 2.24) is 19.9 Å². The van der Waals surface area contributed by atoms with Gasteiger partial charge in [-0.2, -0.15) is 0 Å². The number of nitrogens with one attached hydrogen (secondary N) is 1. The molecule has 26 heavy (non-hydrogen) atoms. The number of benzene rings is 1. The number of amides is 1. The monoisotopic (exact) mass is 349 g/mol. The van der Waals surface area contributed by atoms with Crippen molar-refractivity contribution < 1.29 is 4.79 Å². The summed E-state index contributed by atoms with van der Waals surface area (Å²) in [4.78, 5) is 23.6. The average molecular weight is 349 g/mol. The van der Waals surface area contributed by atoms with Crippen LogP contribution in [-0.4, -0.2) is 40.1 Å². The predicted octanol–water partition coefficient (Wildman–Crippen LogP) is 2.85. The molecule has 1 fully saturated rings. The normalized spacial score (nSPS) is 14.1. The molecular formula is C20H23N5O. The van der Waals surface area contributed by atoms with Crippen LogP contribution in [0.3, 0.4) is 0 Å². The molecule has 1 aliphatic rings. The fourth-order valence-corrected chi connectivity index (χ4v) is 3.49. The largest absolute Gasteiger partial charge is 0.356 e. The molecule has 1 saturated heterocycles. The van der Waals surface area contributed by atoms with Gasteiger partial charge in [0.15, 0.2) is 0 Å². The van der Waals surface area contributed by atoms with Gasteiger partial charge in [-0.15, -0.1) is 0 Å². The summed E-state index contributed by atoms with van der Waals surface area (Å²) in [6, 6.07) is 11.8. The van der Waals surface area contributed by atoms with E-state index in [0.717, 1.165) is 55.7 Å². The first-order valence-electron chi connectivity index (χ1n) is 9.21. The number of pyridine rings is 1. The van der Waals surface area contributed by atoms with E-state index in [-0.39, 0.29) is 5.91 Å². The van der Waals surface area contributed by atoms with Crippen molar-refractivity contribution in [2.45, 2.75) is 25.8 Å². The average Bonchev–Trinajstić information content (AvgIpc) is 3.35. The molecular weight excluding hydrogens is 326 g/mol. The van der Waals surface area contributed by atoms with Crippen molar-refractivity contribution in [3.8, 4) is 0 Å². The minimum atomic E-state index is -0.0458. The Morgan fingerprint density at radius 2 is 1.92 bits per heavy atom. The minimum Gasteiger partial charge on any atom is -0.356 e. The molecule has 134 valence electrons. The van der Waals surface area contributed by atoms with E-state index in [1.807, 2.05) is 36.7 Å². The Labute approximate surface area is 152 Å². The van der Waals surface area contributed by atoms with Gasteiger partial charge in [-0.05, 0) is 43.5 Å². The van der Waals surface area contributed by atoms with Crippen LogP contribution < -0.4 is 10.2 Å². The molecule has 2 aromatic heterocycles. The van der Waals surface area contributed by atoms with Gasteiger partial charge in [0.05, 0.1) is 22.9 Å². The highest BCUT2D eigenvalue weighted by molar-refractivity contribution is 5.98. The molecule has 6 heteroatoms. The highest BCUT2D eigenvalue weighted by Gasteiger charge is 2.20. The number of carbonyl (C=O) groups is 1. The molecule has 0 atom stereocenters. The van der Waals surface area contributed by atoms with Crippen LogP contribution in [0.25, 0.3) is 11.0 Å². The maximum Gasteiger partial charge on any atom is 0.255 e. The first-order chi connectivity index (χ1) is 12.8. The number of nitrogens with zero attached hydrogens (tertiary/aromatic N) is 4. The van der Waals surface area contributed by atoms with E-state index in [2.05, 4.69) is 30.8 Å². The SMILES string of the molecule is O=C(NCCCn1cnc2ccccc21)c1cccnc1N1CCCC1. The van der Waals surface area contributed by atoms with E-state index >= 15 is 0 Å². The van der Waals surface area contributed by atoms with E-state index in [0.29, 0.717) is 12.1 Å². The van der Waals surface area contributed by atoms with E-state index in [1.54, 1.807) is 6.20 Å². The summed E-state index contributed by atoms with van der Waals surface area (Å²) in [5, 5.41) is 3.03. The highest BCUT2D eigenvalue weighted by atomic mass is 16.1. The van der Waals surface area contributed by atoms with Crippen molar-refractivity contribution >= 4 is 22.8 Å². The van der Waals surface area contributed by atoms with Crippen LogP contribution in [0.4, 0.5) is 5.82 Å². The third-order valence-corrected chi connectivity index (χ3v) is 4.83. The molecule has 0 spiro atoms. The molecule has 0 aliphatic carbocycles. The molecule has 0 saturated carbocycles. The summed E-state index contributed by atoms with van der Waals surface area (Å²) in [5.74, 6) is 0.763. The van der Waals surface area contributed by atoms with Gasteiger partial charge in [0.25, 0.3) is 5.91 Å². The van der Waals surface area contributed by atoms with Crippen LogP contribution in [0.2, 0.25) is 0 Å². The number of aromatic nitrogens is 3. The quantitative estimate of drug-likeness (QED) is 0.695. The lowest BCUT2D eigenvalue weighted by Crippen LogP contribution is -2.29. The third kappa shape index (κ3) is 3.40. The molecule has 3 heterocycles. The number of hydrogen-bond donors (Lipinski definition) is 1. The second kappa shape index (κ2) is 7.56. The van der Waals surface area contributed by atoms with Crippen LogP contribution in [-0.2, 0) is 6.54 Å². The maximum atomic E-state index is 12.6. The Hall–Kier alpha value is -2.89. The number of carbonyl (C=O) groups excluding carboxylic acids is 1. The molecule has 4 rings (SSSR count). The van der Waals surface area contributed by atoms with Crippen LogP contribution in [0, 0.1) is 0 Å². The maximum absolute atomic E-state index is 12.6. The zero-order valence-electron chi connectivity index (χ0n) is 14.8. The Bertz CT molecular complexity index is 898. The van der Waals surface area contributed by atoms with Crippen molar-refractivity contribution in [1.29, 1.82) is 0 Å². The zero-order valence-corrected chi connectivity index (χ0v) is 14.8. The smallest absolute Gasteiger partial charge is 0.255 e. The van der Waals surface area contributed by atoms with Gasteiger partial charge in [-0.25, -0.2) is 9.97 Å². The predicted molar refractivity (Wildman–Crippen MR) is 102 cm³/mol. The third-order valence-electron chi connectivity index (χ3n) is 4.83. The molecule has 1 N–H and O–H groups in total. The molecule has 1 aliphatic heterocycles. The lowest BCUT2D eigenvalue weighted by molar-refractivity contribution is 0.0953. The van der Waals surface area contributed by atoms with E-state index in [1.165, 1.54) is 0 Å². The number of imidazole rings is 1. The fourth-order valence-electron chi connectivity index (χ4n) is 3.49. The summed E-state index contributed by atoms with van der Waals surface area (Å²) in [6.45, 7) is 3.41. The van der Waals surface area contributed by atoms with Gasteiger partial charge in [-0.3, -0.25) is 4.79 Å².